The van der Waals surface area contributed by atoms with Crippen LogP contribution >= 0.6 is 0 Å². The number of benzene rings is 3. The van der Waals surface area contributed by atoms with Crippen LogP contribution in [-0.4, -0.2) is 42.4 Å². The standard InChI is InChI=1S/C31H36N4O2S/c1-31(2,3)25-13-15-26(16-14-25)38(36,37)30(23-9-5-4-6-10-23)28(21-29-33-17-18-34-29)35-20-19-32-27-12-8-7-11-24(27)22-35/h4-18,28,30,32H,19-22H2,1-3H3,(H,33,34). The Morgan fingerprint density at radius 1 is 0.947 bits per heavy atom. The van der Waals surface area contributed by atoms with E-state index in [9.17, 15) is 8.42 Å². The van der Waals surface area contributed by atoms with Crippen molar-refractivity contribution < 1.29 is 8.42 Å². The van der Waals surface area contributed by atoms with Gasteiger partial charge in [-0.3, -0.25) is 4.90 Å². The fourth-order valence-corrected chi connectivity index (χ4v) is 7.33. The first-order valence-electron chi connectivity index (χ1n) is 13.2. The lowest BCUT2D eigenvalue weighted by Gasteiger charge is -2.36. The first-order chi connectivity index (χ1) is 18.2. The van der Waals surface area contributed by atoms with Gasteiger partial charge in [0.2, 0.25) is 0 Å². The second-order valence-corrected chi connectivity index (χ2v) is 13.1. The maximum atomic E-state index is 14.6. The number of imidazole rings is 1. The number of para-hydroxylation sites is 1. The quantitative estimate of drug-likeness (QED) is 0.319. The van der Waals surface area contributed by atoms with Crippen molar-refractivity contribution in [3.8, 4) is 0 Å². The average molecular weight is 529 g/mol. The highest BCUT2D eigenvalue weighted by molar-refractivity contribution is 7.91. The third kappa shape index (κ3) is 5.54. The number of aromatic amines is 1. The monoisotopic (exact) mass is 528 g/mol. The second-order valence-electron chi connectivity index (χ2n) is 11.0. The molecule has 3 aromatic carbocycles. The highest BCUT2D eigenvalue weighted by Gasteiger charge is 2.40. The van der Waals surface area contributed by atoms with Crippen LogP contribution in [0.15, 0.2) is 96.2 Å². The molecule has 198 valence electrons. The second kappa shape index (κ2) is 10.8. The number of H-pyrrole nitrogens is 1. The zero-order valence-electron chi connectivity index (χ0n) is 22.3. The van der Waals surface area contributed by atoms with Gasteiger partial charge in [0.1, 0.15) is 11.1 Å². The summed E-state index contributed by atoms with van der Waals surface area (Å²) >= 11 is 0. The molecule has 7 heteroatoms. The number of nitrogens with zero attached hydrogens (tertiary/aromatic N) is 2. The van der Waals surface area contributed by atoms with Gasteiger partial charge in [0.05, 0.1) is 4.90 Å². The van der Waals surface area contributed by atoms with Crippen molar-refractivity contribution in [3.63, 3.8) is 0 Å². The van der Waals surface area contributed by atoms with E-state index in [4.69, 9.17) is 0 Å². The summed E-state index contributed by atoms with van der Waals surface area (Å²) in [6.45, 7) is 8.49. The highest BCUT2D eigenvalue weighted by atomic mass is 32.2. The Kier molecular flexibility index (Phi) is 7.41. The molecule has 5 rings (SSSR count). The summed E-state index contributed by atoms with van der Waals surface area (Å²) < 4.78 is 29.1. The van der Waals surface area contributed by atoms with E-state index in [-0.39, 0.29) is 11.5 Å². The molecule has 0 aliphatic carbocycles. The lowest BCUT2D eigenvalue weighted by atomic mass is 9.87. The third-order valence-electron chi connectivity index (χ3n) is 7.39. The van der Waals surface area contributed by atoms with Crippen molar-refractivity contribution >= 4 is 15.5 Å². The zero-order valence-corrected chi connectivity index (χ0v) is 23.1. The summed E-state index contributed by atoms with van der Waals surface area (Å²) in [5, 5.41) is 2.75. The minimum absolute atomic E-state index is 0.0601. The van der Waals surface area contributed by atoms with E-state index in [0.717, 1.165) is 34.7 Å². The summed E-state index contributed by atoms with van der Waals surface area (Å²) in [7, 11) is -3.76. The molecule has 2 atom stereocenters. The number of nitrogens with one attached hydrogen (secondary N) is 2. The van der Waals surface area contributed by atoms with Gasteiger partial charge in [-0.2, -0.15) is 0 Å². The zero-order chi connectivity index (χ0) is 26.8. The SMILES string of the molecule is CC(C)(C)c1ccc(S(=O)(=O)C(c2ccccc2)C(Cc2ncc[nH]2)N2CCNc3ccccc3C2)cc1. The molecular weight excluding hydrogens is 492 g/mol. The fourth-order valence-electron chi connectivity index (χ4n) is 5.32. The molecule has 0 saturated heterocycles. The molecule has 38 heavy (non-hydrogen) atoms. The van der Waals surface area contributed by atoms with Crippen LogP contribution in [0.4, 0.5) is 5.69 Å². The van der Waals surface area contributed by atoms with E-state index < -0.39 is 15.1 Å². The Hall–Kier alpha value is -3.42. The van der Waals surface area contributed by atoms with Gasteiger partial charge in [-0.15, -0.1) is 0 Å². The van der Waals surface area contributed by atoms with Crippen LogP contribution in [0.2, 0.25) is 0 Å². The molecule has 2 unspecified atom stereocenters. The minimum atomic E-state index is -3.76. The molecule has 1 aromatic heterocycles. The van der Waals surface area contributed by atoms with E-state index in [1.807, 2.05) is 54.6 Å². The normalized spacial score (nSPS) is 16.2. The summed E-state index contributed by atoms with van der Waals surface area (Å²) in [6, 6.07) is 25.0. The number of anilines is 1. The molecule has 0 fully saturated rings. The molecule has 2 N–H and O–H groups in total. The molecule has 0 spiro atoms. The van der Waals surface area contributed by atoms with Gasteiger partial charge < -0.3 is 10.3 Å². The van der Waals surface area contributed by atoms with Gasteiger partial charge in [0, 0.05) is 50.2 Å². The van der Waals surface area contributed by atoms with Crippen molar-refractivity contribution in [1.29, 1.82) is 0 Å². The Morgan fingerprint density at radius 2 is 1.66 bits per heavy atom. The topological polar surface area (TPSA) is 78.1 Å². The highest BCUT2D eigenvalue weighted by Crippen LogP contribution is 2.38. The van der Waals surface area contributed by atoms with E-state index >= 15 is 0 Å². The van der Waals surface area contributed by atoms with Crippen LogP contribution < -0.4 is 5.32 Å². The predicted octanol–water partition coefficient (Wildman–Crippen LogP) is 5.76. The van der Waals surface area contributed by atoms with Gasteiger partial charge in [0.15, 0.2) is 9.84 Å². The van der Waals surface area contributed by atoms with E-state index in [0.29, 0.717) is 24.4 Å². The number of hydrogen-bond donors (Lipinski definition) is 2. The van der Waals surface area contributed by atoms with Crippen LogP contribution in [0.5, 0.6) is 0 Å². The van der Waals surface area contributed by atoms with Crippen LogP contribution in [0.25, 0.3) is 0 Å². The lowest BCUT2D eigenvalue weighted by Crippen LogP contribution is -2.44. The largest absolute Gasteiger partial charge is 0.383 e. The third-order valence-corrected chi connectivity index (χ3v) is 9.58. The van der Waals surface area contributed by atoms with Gasteiger partial charge in [0.25, 0.3) is 0 Å². The smallest absolute Gasteiger partial charge is 0.186 e. The van der Waals surface area contributed by atoms with Crippen molar-refractivity contribution in [2.24, 2.45) is 0 Å². The Morgan fingerprint density at radius 3 is 2.34 bits per heavy atom. The van der Waals surface area contributed by atoms with Gasteiger partial charge >= 0.3 is 0 Å². The first kappa shape index (κ1) is 26.2. The summed E-state index contributed by atoms with van der Waals surface area (Å²) in [5.74, 6) is 0.778. The summed E-state index contributed by atoms with van der Waals surface area (Å²) in [5.41, 5.74) is 4.09. The molecule has 2 heterocycles. The molecule has 1 aliphatic rings. The maximum absolute atomic E-state index is 14.6. The number of rotatable bonds is 7. The molecule has 0 radical (unpaired) electrons. The Labute approximate surface area is 226 Å². The summed E-state index contributed by atoms with van der Waals surface area (Å²) in [6.07, 6.45) is 4.00. The van der Waals surface area contributed by atoms with Crippen LogP contribution in [0.1, 0.15) is 48.5 Å². The molecule has 6 nitrogen and oxygen atoms in total. The van der Waals surface area contributed by atoms with Crippen molar-refractivity contribution in [2.45, 2.75) is 55.3 Å². The van der Waals surface area contributed by atoms with Crippen molar-refractivity contribution in [1.82, 2.24) is 14.9 Å². The van der Waals surface area contributed by atoms with Crippen molar-refractivity contribution in [2.75, 3.05) is 18.4 Å². The minimum Gasteiger partial charge on any atom is -0.383 e. The van der Waals surface area contributed by atoms with Gasteiger partial charge in [-0.1, -0.05) is 81.4 Å². The Bertz CT molecular complexity index is 1440. The summed E-state index contributed by atoms with van der Waals surface area (Å²) in [4.78, 5) is 10.4. The van der Waals surface area contributed by atoms with Crippen molar-refractivity contribution in [3.05, 3.63) is 114 Å². The van der Waals surface area contributed by atoms with Crippen LogP contribution in [0, 0.1) is 0 Å². The Balaban J connectivity index is 1.62. The van der Waals surface area contributed by atoms with Crippen LogP contribution in [-0.2, 0) is 28.2 Å². The van der Waals surface area contributed by atoms with E-state index in [1.54, 1.807) is 24.5 Å². The molecular formula is C31H36N4O2S. The molecule has 0 bridgehead atoms. The first-order valence-corrected chi connectivity index (χ1v) is 14.7. The fraction of sp³-hybridized carbons (Fsp3) is 0.323. The molecule has 0 amide bonds. The van der Waals surface area contributed by atoms with Crippen LogP contribution in [0.3, 0.4) is 0 Å². The number of aromatic nitrogens is 2. The molecule has 0 saturated carbocycles. The predicted molar refractivity (Wildman–Crippen MR) is 153 cm³/mol. The van der Waals surface area contributed by atoms with E-state index in [1.165, 1.54) is 0 Å². The maximum Gasteiger partial charge on any atom is 0.186 e. The van der Waals surface area contributed by atoms with E-state index in [2.05, 4.69) is 53.1 Å². The molecule has 4 aromatic rings. The lowest BCUT2D eigenvalue weighted by molar-refractivity contribution is 0.187. The number of hydrogen-bond acceptors (Lipinski definition) is 5. The molecule has 1 aliphatic heterocycles. The number of fused-ring (bicyclic) bond motifs is 1. The van der Waals surface area contributed by atoms with Gasteiger partial charge in [-0.05, 0) is 40.3 Å². The van der Waals surface area contributed by atoms with Gasteiger partial charge in [-0.25, -0.2) is 13.4 Å². The average Bonchev–Trinajstić information content (AvgIpc) is 3.32. The number of sulfone groups is 1.